The number of halogens is 2. The summed E-state index contributed by atoms with van der Waals surface area (Å²) in [6.07, 6.45) is 1.51. The van der Waals surface area contributed by atoms with Gasteiger partial charge in [-0.25, -0.2) is 8.78 Å². The SMILES string of the molecule is Cc1cc([C@H]2CNCCC2(F)F)ccn1. The number of nitrogens with zero attached hydrogens (tertiary/aromatic N) is 1. The first-order chi connectivity index (χ1) is 7.09. The number of hydrogen-bond donors (Lipinski definition) is 1. The molecule has 0 unspecified atom stereocenters. The zero-order chi connectivity index (χ0) is 10.9. The minimum atomic E-state index is -2.60. The summed E-state index contributed by atoms with van der Waals surface area (Å²) >= 11 is 0. The molecule has 2 rings (SSSR count). The van der Waals surface area contributed by atoms with Gasteiger partial charge in [-0.1, -0.05) is 0 Å². The van der Waals surface area contributed by atoms with Gasteiger partial charge in [0.15, 0.2) is 0 Å². The molecule has 15 heavy (non-hydrogen) atoms. The molecule has 1 atom stereocenters. The molecule has 1 saturated heterocycles. The van der Waals surface area contributed by atoms with Gasteiger partial charge in [0.05, 0.1) is 5.92 Å². The number of nitrogens with one attached hydrogen (secondary N) is 1. The molecule has 2 heterocycles. The smallest absolute Gasteiger partial charge is 0.257 e. The van der Waals surface area contributed by atoms with Gasteiger partial charge >= 0.3 is 0 Å². The van der Waals surface area contributed by atoms with E-state index in [-0.39, 0.29) is 6.42 Å². The van der Waals surface area contributed by atoms with Crippen LogP contribution in [0.15, 0.2) is 18.3 Å². The van der Waals surface area contributed by atoms with Gasteiger partial charge in [0.2, 0.25) is 0 Å². The van der Waals surface area contributed by atoms with Gasteiger partial charge < -0.3 is 5.32 Å². The van der Waals surface area contributed by atoms with Crippen molar-refractivity contribution < 1.29 is 8.78 Å². The highest BCUT2D eigenvalue weighted by atomic mass is 19.3. The average molecular weight is 212 g/mol. The van der Waals surface area contributed by atoms with Crippen LogP contribution in [0.4, 0.5) is 8.78 Å². The third kappa shape index (κ3) is 2.15. The lowest BCUT2D eigenvalue weighted by Gasteiger charge is -2.32. The van der Waals surface area contributed by atoms with Crippen molar-refractivity contribution >= 4 is 0 Å². The summed E-state index contributed by atoms with van der Waals surface area (Å²) in [7, 11) is 0. The fourth-order valence-electron chi connectivity index (χ4n) is 1.97. The molecule has 0 spiro atoms. The lowest BCUT2D eigenvalue weighted by Crippen LogP contribution is -2.42. The minimum Gasteiger partial charge on any atom is -0.316 e. The van der Waals surface area contributed by atoms with Gasteiger partial charge in [-0.2, -0.15) is 0 Å². The second-order valence-corrected chi connectivity index (χ2v) is 4.00. The molecule has 0 aromatic carbocycles. The summed E-state index contributed by atoms with van der Waals surface area (Å²) in [5, 5.41) is 3.01. The van der Waals surface area contributed by atoms with Crippen molar-refractivity contribution in [3.05, 3.63) is 29.6 Å². The van der Waals surface area contributed by atoms with Gasteiger partial charge in [-0.05, 0) is 24.6 Å². The predicted octanol–water partition coefficient (Wildman–Crippen LogP) is 2.10. The molecule has 0 saturated carbocycles. The van der Waals surface area contributed by atoms with E-state index in [1.165, 1.54) is 0 Å². The molecular formula is C11H14F2N2. The van der Waals surface area contributed by atoms with Gasteiger partial charge in [0.1, 0.15) is 0 Å². The van der Waals surface area contributed by atoms with Crippen molar-refractivity contribution in [3.63, 3.8) is 0 Å². The number of aromatic nitrogens is 1. The largest absolute Gasteiger partial charge is 0.316 e. The molecule has 2 nitrogen and oxygen atoms in total. The molecule has 0 radical (unpaired) electrons. The van der Waals surface area contributed by atoms with Crippen LogP contribution in [0.5, 0.6) is 0 Å². The van der Waals surface area contributed by atoms with E-state index in [2.05, 4.69) is 10.3 Å². The van der Waals surface area contributed by atoms with Crippen molar-refractivity contribution in [2.75, 3.05) is 13.1 Å². The molecule has 1 aromatic rings. The molecule has 0 aliphatic carbocycles. The van der Waals surface area contributed by atoms with E-state index in [1.54, 1.807) is 18.3 Å². The first-order valence-corrected chi connectivity index (χ1v) is 5.11. The lowest BCUT2D eigenvalue weighted by molar-refractivity contribution is -0.0479. The molecule has 1 aliphatic rings. The number of rotatable bonds is 1. The lowest BCUT2D eigenvalue weighted by atomic mass is 9.88. The third-order valence-electron chi connectivity index (χ3n) is 2.82. The van der Waals surface area contributed by atoms with Crippen molar-refractivity contribution in [1.82, 2.24) is 10.3 Å². The van der Waals surface area contributed by atoms with E-state index in [1.807, 2.05) is 6.92 Å². The second kappa shape index (κ2) is 3.85. The van der Waals surface area contributed by atoms with E-state index in [4.69, 9.17) is 0 Å². The number of piperidine rings is 1. The van der Waals surface area contributed by atoms with Crippen LogP contribution < -0.4 is 5.32 Å². The van der Waals surface area contributed by atoms with Crippen LogP contribution in [0.3, 0.4) is 0 Å². The van der Waals surface area contributed by atoms with Gasteiger partial charge in [-0.3, -0.25) is 4.98 Å². The molecule has 0 bridgehead atoms. The van der Waals surface area contributed by atoms with Crippen LogP contribution in [0, 0.1) is 6.92 Å². The first-order valence-electron chi connectivity index (χ1n) is 5.11. The molecular weight excluding hydrogens is 198 g/mol. The first kappa shape index (κ1) is 10.5. The van der Waals surface area contributed by atoms with Gasteiger partial charge in [-0.15, -0.1) is 0 Å². The zero-order valence-corrected chi connectivity index (χ0v) is 8.63. The molecule has 82 valence electrons. The summed E-state index contributed by atoms with van der Waals surface area (Å²) in [6, 6.07) is 3.42. The Balaban J connectivity index is 2.29. The Bertz CT molecular complexity index is 352. The van der Waals surface area contributed by atoms with Crippen molar-refractivity contribution in [2.24, 2.45) is 0 Å². The number of aryl methyl sites for hydroxylation is 1. The zero-order valence-electron chi connectivity index (χ0n) is 8.63. The Morgan fingerprint density at radius 1 is 1.53 bits per heavy atom. The Kier molecular flexibility index (Phi) is 2.69. The second-order valence-electron chi connectivity index (χ2n) is 4.00. The predicted molar refractivity (Wildman–Crippen MR) is 54.1 cm³/mol. The minimum absolute atomic E-state index is 0.0843. The molecule has 1 N–H and O–H groups in total. The van der Waals surface area contributed by atoms with Crippen LogP contribution >= 0.6 is 0 Å². The van der Waals surface area contributed by atoms with E-state index in [0.29, 0.717) is 18.7 Å². The molecule has 4 heteroatoms. The van der Waals surface area contributed by atoms with Crippen LogP contribution in [0.1, 0.15) is 23.6 Å². The fourth-order valence-corrected chi connectivity index (χ4v) is 1.97. The quantitative estimate of drug-likeness (QED) is 0.771. The summed E-state index contributed by atoms with van der Waals surface area (Å²) < 4.78 is 27.3. The highest BCUT2D eigenvalue weighted by molar-refractivity contribution is 5.23. The van der Waals surface area contributed by atoms with Gasteiger partial charge in [0.25, 0.3) is 5.92 Å². The Morgan fingerprint density at radius 2 is 2.33 bits per heavy atom. The highest BCUT2D eigenvalue weighted by Gasteiger charge is 2.42. The van der Waals surface area contributed by atoms with E-state index >= 15 is 0 Å². The standard InChI is InChI=1S/C11H14F2N2/c1-8-6-9(2-4-15-8)10-7-14-5-3-11(10,12)13/h2,4,6,10,14H,3,5,7H2,1H3/t10-/m1/s1. The van der Waals surface area contributed by atoms with E-state index in [0.717, 1.165) is 5.69 Å². The summed E-state index contributed by atoms with van der Waals surface area (Å²) in [6.45, 7) is 2.56. The molecule has 0 amide bonds. The fraction of sp³-hybridized carbons (Fsp3) is 0.545. The Morgan fingerprint density at radius 3 is 3.00 bits per heavy atom. The number of alkyl halides is 2. The molecule has 1 aromatic heterocycles. The van der Waals surface area contributed by atoms with E-state index < -0.39 is 11.8 Å². The van der Waals surface area contributed by atoms with Crippen LogP contribution in [-0.2, 0) is 0 Å². The van der Waals surface area contributed by atoms with E-state index in [9.17, 15) is 8.78 Å². The van der Waals surface area contributed by atoms with Crippen LogP contribution in [-0.4, -0.2) is 24.0 Å². The normalized spacial score (nSPS) is 25.1. The summed E-state index contributed by atoms with van der Waals surface area (Å²) in [5.41, 5.74) is 1.47. The molecule has 1 aliphatic heterocycles. The maximum Gasteiger partial charge on any atom is 0.257 e. The number of pyridine rings is 1. The van der Waals surface area contributed by atoms with Crippen molar-refractivity contribution in [1.29, 1.82) is 0 Å². The maximum absolute atomic E-state index is 13.6. The Hall–Kier alpha value is -1.03. The van der Waals surface area contributed by atoms with Crippen LogP contribution in [0.25, 0.3) is 0 Å². The third-order valence-corrected chi connectivity index (χ3v) is 2.82. The monoisotopic (exact) mass is 212 g/mol. The summed E-state index contributed by atoms with van der Waals surface area (Å²) in [4.78, 5) is 4.02. The maximum atomic E-state index is 13.6. The average Bonchev–Trinajstić information content (AvgIpc) is 2.17. The molecule has 1 fully saturated rings. The summed E-state index contributed by atoms with van der Waals surface area (Å²) in [5.74, 6) is -3.31. The van der Waals surface area contributed by atoms with Crippen LogP contribution in [0.2, 0.25) is 0 Å². The Labute approximate surface area is 87.7 Å². The topological polar surface area (TPSA) is 24.9 Å². The highest BCUT2D eigenvalue weighted by Crippen LogP contribution is 2.37. The van der Waals surface area contributed by atoms with Crippen molar-refractivity contribution in [2.45, 2.75) is 25.2 Å². The van der Waals surface area contributed by atoms with Crippen molar-refractivity contribution in [3.8, 4) is 0 Å². The van der Waals surface area contributed by atoms with Gasteiger partial charge in [0, 0.05) is 31.4 Å². The number of hydrogen-bond acceptors (Lipinski definition) is 2.